The van der Waals surface area contributed by atoms with Crippen LogP contribution in [0.2, 0.25) is 5.02 Å². The molecule has 1 N–H and O–H groups in total. The zero-order valence-electron chi connectivity index (χ0n) is 18.5. The molecule has 0 radical (unpaired) electrons. The van der Waals surface area contributed by atoms with Crippen LogP contribution in [-0.2, 0) is 4.79 Å². The van der Waals surface area contributed by atoms with Crippen LogP contribution in [-0.4, -0.2) is 15.7 Å². The van der Waals surface area contributed by atoms with Gasteiger partial charge in [-0.25, -0.2) is 4.39 Å². The minimum absolute atomic E-state index is 0.0139. The fraction of sp³-hybridized carbons (Fsp3) is 0.320. The Labute approximate surface area is 192 Å². The molecule has 3 rings (SSSR count). The van der Waals surface area contributed by atoms with Gasteiger partial charge in [-0.15, -0.1) is 0 Å². The molecule has 7 heteroatoms. The van der Waals surface area contributed by atoms with E-state index < -0.39 is 5.82 Å². The lowest BCUT2D eigenvalue weighted by molar-refractivity contribution is -0.116. The lowest BCUT2D eigenvalue weighted by Crippen LogP contribution is -2.23. The summed E-state index contributed by atoms with van der Waals surface area (Å²) in [5, 5.41) is 7.42. The number of carbonyl (C=O) groups excluding carboxylic acids is 1. The van der Waals surface area contributed by atoms with Crippen molar-refractivity contribution in [3.63, 3.8) is 0 Å². The van der Waals surface area contributed by atoms with Crippen molar-refractivity contribution in [3.05, 3.63) is 75.4 Å². The highest BCUT2D eigenvalue weighted by Gasteiger charge is 2.16. The van der Waals surface area contributed by atoms with Gasteiger partial charge in [-0.2, -0.15) is 9.78 Å². The van der Waals surface area contributed by atoms with E-state index in [4.69, 9.17) is 11.6 Å². The molecule has 32 heavy (non-hydrogen) atoms. The van der Waals surface area contributed by atoms with Gasteiger partial charge in [0.05, 0.1) is 16.4 Å². The maximum Gasteiger partial charge on any atom is 0.272 e. The smallest absolute Gasteiger partial charge is 0.272 e. The van der Waals surface area contributed by atoms with Crippen molar-refractivity contribution in [1.82, 2.24) is 9.78 Å². The molecule has 168 valence electrons. The summed E-state index contributed by atoms with van der Waals surface area (Å²) in [6, 6.07) is 13.0. The van der Waals surface area contributed by atoms with Crippen molar-refractivity contribution in [1.29, 1.82) is 0 Å². The Morgan fingerprint density at radius 3 is 2.62 bits per heavy atom. The first-order chi connectivity index (χ1) is 15.3. The quantitative estimate of drug-likeness (QED) is 0.403. The molecule has 1 amide bonds. The van der Waals surface area contributed by atoms with Gasteiger partial charge in [0, 0.05) is 23.7 Å². The minimum atomic E-state index is -0.558. The first-order valence-corrected chi connectivity index (χ1v) is 11.2. The second kappa shape index (κ2) is 10.6. The Balaban J connectivity index is 1.97. The largest absolute Gasteiger partial charge is 0.326 e. The Kier molecular flexibility index (Phi) is 7.80. The first kappa shape index (κ1) is 23.7. The monoisotopic (exact) mass is 455 g/mol. The van der Waals surface area contributed by atoms with E-state index in [0.29, 0.717) is 29.1 Å². The van der Waals surface area contributed by atoms with Crippen LogP contribution in [0.25, 0.3) is 16.8 Å². The number of halogens is 2. The molecular weight excluding hydrogens is 429 g/mol. The number of anilines is 1. The molecule has 0 atom stereocenters. The fourth-order valence-corrected chi connectivity index (χ4v) is 3.63. The van der Waals surface area contributed by atoms with Crippen LogP contribution in [0.1, 0.15) is 58.1 Å². The summed E-state index contributed by atoms with van der Waals surface area (Å²) in [5.74, 6) is -0.570. The highest BCUT2D eigenvalue weighted by Crippen LogP contribution is 2.29. The Morgan fingerprint density at radius 2 is 1.94 bits per heavy atom. The maximum absolute atomic E-state index is 13.6. The molecule has 0 spiro atoms. The van der Waals surface area contributed by atoms with Gasteiger partial charge in [0.2, 0.25) is 5.91 Å². The number of nitrogens with one attached hydrogen (secondary N) is 1. The minimum Gasteiger partial charge on any atom is -0.326 e. The van der Waals surface area contributed by atoms with Crippen LogP contribution in [0.3, 0.4) is 0 Å². The number of amides is 1. The predicted octanol–water partition coefficient (Wildman–Crippen LogP) is 6.33. The topological polar surface area (TPSA) is 64.0 Å². The van der Waals surface area contributed by atoms with Gasteiger partial charge in [0.1, 0.15) is 5.82 Å². The summed E-state index contributed by atoms with van der Waals surface area (Å²) in [4.78, 5) is 25.1. The van der Waals surface area contributed by atoms with Crippen LogP contribution in [0.5, 0.6) is 0 Å². The first-order valence-electron chi connectivity index (χ1n) is 10.8. The molecule has 0 fully saturated rings. The third-order valence-corrected chi connectivity index (χ3v) is 5.41. The Morgan fingerprint density at radius 1 is 1.16 bits per heavy atom. The zero-order chi connectivity index (χ0) is 23.3. The number of aromatic nitrogens is 2. The lowest BCUT2D eigenvalue weighted by atomic mass is 9.98. The zero-order valence-corrected chi connectivity index (χ0v) is 19.2. The van der Waals surface area contributed by atoms with Gasteiger partial charge in [0.15, 0.2) is 0 Å². The second-order valence-corrected chi connectivity index (χ2v) is 8.44. The molecule has 0 aliphatic heterocycles. The molecule has 0 saturated carbocycles. The number of carbonyl (C=O) groups is 1. The number of rotatable bonds is 8. The SMILES string of the molecule is CCCCCC(=O)Nc1cccc(-c2cc(=O)n(-c3ccc(F)c(Cl)c3)nc2C(C)C)c1. The summed E-state index contributed by atoms with van der Waals surface area (Å²) >= 11 is 5.89. The molecule has 0 saturated heterocycles. The van der Waals surface area contributed by atoms with E-state index >= 15 is 0 Å². The highest BCUT2D eigenvalue weighted by atomic mass is 35.5. The van der Waals surface area contributed by atoms with Crippen molar-refractivity contribution < 1.29 is 9.18 Å². The number of unbranched alkanes of at least 4 members (excludes halogenated alkanes) is 2. The lowest BCUT2D eigenvalue weighted by Gasteiger charge is -2.16. The highest BCUT2D eigenvalue weighted by molar-refractivity contribution is 6.30. The third-order valence-electron chi connectivity index (χ3n) is 5.12. The maximum atomic E-state index is 13.6. The van der Waals surface area contributed by atoms with Crippen LogP contribution < -0.4 is 10.9 Å². The summed E-state index contributed by atoms with van der Waals surface area (Å²) in [7, 11) is 0. The van der Waals surface area contributed by atoms with Crippen LogP contribution in [0.4, 0.5) is 10.1 Å². The third kappa shape index (κ3) is 5.62. The molecule has 0 aliphatic rings. The van der Waals surface area contributed by atoms with Crippen molar-refractivity contribution >= 4 is 23.2 Å². The normalized spacial score (nSPS) is 11.1. The molecule has 5 nitrogen and oxygen atoms in total. The average molecular weight is 456 g/mol. The van der Waals surface area contributed by atoms with Gasteiger partial charge in [-0.05, 0) is 48.2 Å². The molecule has 3 aromatic rings. The van der Waals surface area contributed by atoms with Crippen LogP contribution >= 0.6 is 11.6 Å². The standard InChI is InChI=1S/C25H27ClFN3O2/c1-4-5-6-10-23(31)28-18-9-7-8-17(13-18)20-15-24(32)30(29-25(20)16(2)3)19-11-12-22(27)21(26)14-19/h7-9,11-16H,4-6,10H2,1-3H3,(H,28,31). The molecule has 0 unspecified atom stereocenters. The van der Waals surface area contributed by atoms with Crippen LogP contribution in [0, 0.1) is 5.82 Å². The van der Waals surface area contributed by atoms with E-state index in [1.807, 2.05) is 38.1 Å². The summed E-state index contributed by atoms with van der Waals surface area (Å²) in [6.45, 7) is 6.07. The molecular formula is C25H27ClFN3O2. The van der Waals surface area contributed by atoms with Gasteiger partial charge in [0.25, 0.3) is 5.56 Å². The molecule has 0 bridgehead atoms. The number of nitrogens with zero attached hydrogens (tertiary/aromatic N) is 2. The second-order valence-electron chi connectivity index (χ2n) is 8.03. The van der Waals surface area contributed by atoms with Gasteiger partial charge in [-0.1, -0.05) is 57.3 Å². The molecule has 1 heterocycles. The van der Waals surface area contributed by atoms with Crippen molar-refractivity contribution in [2.45, 2.75) is 52.4 Å². The number of benzene rings is 2. The van der Waals surface area contributed by atoms with E-state index in [1.165, 1.54) is 28.9 Å². The van der Waals surface area contributed by atoms with Crippen molar-refractivity contribution in [2.24, 2.45) is 0 Å². The molecule has 0 aliphatic carbocycles. The van der Waals surface area contributed by atoms with Gasteiger partial charge >= 0.3 is 0 Å². The van der Waals surface area contributed by atoms with E-state index in [2.05, 4.69) is 17.3 Å². The summed E-state index contributed by atoms with van der Waals surface area (Å²) < 4.78 is 14.8. The average Bonchev–Trinajstić information content (AvgIpc) is 2.75. The predicted molar refractivity (Wildman–Crippen MR) is 127 cm³/mol. The Bertz CT molecular complexity index is 1170. The van der Waals surface area contributed by atoms with Crippen LogP contribution in [0.15, 0.2) is 53.3 Å². The number of hydrogen-bond acceptors (Lipinski definition) is 3. The van der Waals surface area contributed by atoms with Crippen molar-refractivity contribution in [3.8, 4) is 16.8 Å². The van der Waals surface area contributed by atoms with E-state index in [1.54, 1.807) is 0 Å². The summed E-state index contributed by atoms with van der Waals surface area (Å²) in [6.07, 6.45) is 3.41. The Hall–Kier alpha value is -2.99. The van der Waals surface area contributed by atoms with E-state index in [-0.39, 0.29) is 22.4 Å². The van der Waals surface area contributed by atoms with E-state index in [9.17, 15) is 14.0 Å². The molecule has 1 aromatic heterocycles. The van der Waals surface area contributed by atoms with Gasteiger partial charge < -0.3 is 5.32 Å². The van der Waals surface area contributed by atoms with Crippen molar-refractivity contribution in [2.75, 3.05) is 5.32 Å². The molecule has 2 aromatic carbocycles. The van der Waals surface area contributed by atoms with Gasteiger partial charge in [-0.3, -0.25) is 9.59 Å². The van der Waals surface area contributed by atoms with E-state index in [0.717, 1.165) is 24.8 Å². The fourth-order valence-electron chi connectivity index (χ4n) is 3.45. The number of hydrogen-bond donors (Lipinski definition) is 1. The summed E-state index contributed by atoms with van der Waals surface area (Å²) in [5.41, 5.74) is 2.89.